The molecule has 0 bridgehead atoms. The summed E-state index contributed by atoms with van der Waals surface area (Å²) in [4.78, 5) is 0. The van der Waals surface area contributed by atoms with Gasteiger partial charge in [0.1, 0.15) is 5.82 Å². The molecule has 2 atom stereocenters. The second-order valence-electron chi connectivity index (χ2n) is 5.91. The van der Waals surface area contributed by atoms with Crippen molar-refractivity contribution in [1.29, 1.82) is 0 Å². The van der Waals surface area contributed by atoms with Crippen molar-refractivity contribution in [2.75, 3.05) is 6.54 Å². The van der Waals surface area contributed by atoms with Gasteiger partial charge < -0.3 is 5.32 Å². The lowest BCUT2D eigenvalue weighted by Gasteiger charge is -2.28. The molecule has 1 nitrogen and oxygen atoms in total. The van der Waals surface area contributed by atoms with E-state index in [0.717, 1.165) is 31.4 Å². The smallest absolute Gasteiger partial charge is 0.126 e. The Hall–Kier alpha value is -0.890. The van der Waals surface area contributed by atoms with Gasteiger partial charge in [-0.2, -0.15) is 0 Å². The summed E-state index contributed by atoms with van der Waals surface area (Å²) in [6.07, 6.45) is 6.98. The zero-order chi connectivity index (χ0) is 13.7. The van der Waals surface area contributed by atoms with Gasteiger partial charge in [0, 0.05) is 6.04 Å². The van der Waals surface area contributed by atoms with Crippen molar-refractivity contribution in [3.63, 3.8) is 0 Å². The maximum absolute atomic E-state index is 13.8. The Balaban J connectivity index is 1.94. The molecule has 1 aliphatic carbocycles. The summed E-state index contributed by atoms with van der Waals surface area (Å²) in [6, 6.07) is 5.87. The molecule has 19 heavy (non-hydrogen) atoms. The largest absolute Gasteiger partial charge is 0.310 e. The van der Waals surface area contributed by atoms with Gasteiger partial charge in [-0.05, 0) is 55.3 Å². The fourth-order valence-corrected chi connectivity index (χ4v) is 3.01. The van der Waals surface area contributed by atoms with E-state index in [-0.39, 0.29) is 5.82 Å². The van der Waals surface area contributed by atoms with Crippen LogP contribution < -0.4 is 5.32 Å². The third kappa shape index (κ3) is 3.79. The number of rotatable bonds is 6. The normalized spacial score (nSPS) is 20.1. The highest BCUT2D eigenvalue weighted by molar-refractivity contribution is 5.33. The van der Waals surface area contributed by atoms with Crippen molar-refractivity contribution in [3.8, 4) is 0 Å². The Kier molecular flexibility index (Phi) is 5.38. The predicted octanol–water partition coefficient (Wildman–Crippen LogP) is 4.62. The molecule has 0 radical (unpaired) electrons. The van der Waals surface area contributed by atoms with Gasteiger partial charge in [0.25, 0.3) is 0 Å². The minimum atomic E-state index is -0.0250. The van der Waals surface area contributed by atoms with E-state index in [1.807, 2.05) is 6.07 Å². The highest BCUT2D eigenvalue weighted by Crippen LogP contribution is 2.31. The molecule has 2 rings (SSSR count). The molecule has 1 aliphatic rings. The maximum Gasteiger partial charge on any atom is 0.126 e. The van der Waals surface area contributed by atoms with Gasteiger partial charge in [0.15, 0.2) is 0 Å². The topological polar surface area (TPSA) is 12.0 Å². The molecular formula is C17H26FN. The first-order valence-electron chi connectivity index (χ1n) is 7.73. The van der Waals surface area contributed by atoms with Crippen LogP contribution in [0, 0.1) is 11.7 Å². The molecule has 1 unspecified atom stereocenters. The van der Waals surface area contributed by atoms with Gasteiger partial charge in [-0.3, -0.25) is 0 Å². The Morgan fingerprint density at radius 2 is 2.26 bits per heavy atom. The Morgan fingerprint density at radius 3 is 3.05 bits per heavy atom. The van der Waals surface area contributed by atoms with Gasteiger partial charge in [0.05, 0.1) is 0 Å². The van der Waals surface area contributed by atoms with Gasteiger partial charge in [-0.25, -0.2) is 4.39 Å². The average molecular weight is 263 g/mol. The summed E-state index contributed by atoms with van der Waals surface area (Å²) in [6.45, 7) is 5.58. The van der Waals surface area contributed by atoms with E-state index >= 15 is 0 Å². The van der Waals surface area contributed by atoms with Gasteiger partial charge in [-0.15, -0.1) is 0 Å². The summed E-state index contributed by atoms with van der Waals surface area (Å²) in [5, 5.41) is 3.65. The van der Waals surface area contributed by atoms with Crippen LogP contribution in [0.25, 0.3) is 0 Å². The minimum absolute atomic E-state index is 0.0250. The van der Waals surface area contributed by atoms with Crippen LogP contribution in [0.2, 0.25) is 0 Å². The second kappa shape index (κ2) is 7.04. The van der Waals surface area contributed by atoms with Crippen LogP contribution in [0.4, 0.5) is 4.39 Å². The van der Waals surface area contributed by atoms with Gasteiger partial charge in [-0.1, -0.05) is 38.8 Å². The summed E-state index contributed by atoms with van der Waals surface area (Å²) in [7, 11) is 0. The fraction of sp³-hybridized carbons (Fsp3) is 0.647. The van der Waals surface area contributed by atoms with E-state index in [0.29, 0.717) is 12.0 Å². The van der Waals surface area contributed by atoms with Crippen LogP contribution in [0.1, 0.15) is 63.1 Å². The van der Waals surface area contributed by atoms with Crippen LogP contribution >= 0.6 is 0 Å². The molecule has 106 valence electrons. The first kappa shape index (κ1) is 14.5. The lowest BCUT2D eigenvalue weighted by atomic mass is 9.87. The molecule has 2 heteroatoms. The SMILES string of the molecule is CCCCC(C)CN[C@@H]1CCCc2c(F)cccc21. The highest BCUT2D eigenvalue weighted by atomic mass is 19.1. The maximum atomic E-state index is 13.8. The Morgan fingerprint density at radius 1 is 1.42 bits per heavy atom. The van der Waals surface area contributed by atoms with Crippen molar-refractivity contribution >= 4 is 0 Å². The minimum Gasteiger partial charge on any atom is -0.310 e. The zero-order valence-electron chi connectivity index (χ0n) is 12.2. The number of halogens is 1. The van der Waals surface area contributed by atoms with E-state index in [9.17, 15) is 4.39 Å². The molecule has 0 saturated heterocycles. The molecule has 0 aliphatic heterocycles. The molecule has 0 aromatic heterocycles. The highest BCUT2D eigenvalue weighted by Gasteiger charge is 2.22. The first-order chi connectivity index (χ1) is 9.22. The van der Waals surface area contributed by atoms with Crippen LogP contribution in [0.15, 0.2) is 18.2 Å². The van der Waals surface area contributed by atoms with E-state index < -0.39 is 0 Å². The van der Waals surface area contributed by atoms with Crippen LogP contribution in [-0.4, -0.2) is 6.54 Å². The van der Waals surface area contributed by atoms with E-state index in [2.05, 4.69) is 25.2 Å². The monoisotopic (exact) mass is 263 g/mol. The number of benzene rings is 1. The van der Waals surface area contributed by atoms with E-state index in [1.165, 1.54) is 24.8 Å². The predicted molar refractivity (Wildman–Crippen MR) is 78.8 cm³/mol. The summed E-state index contributed by atoms with van der Waals surface area (Å²) >= 11 is 0. The molecule has 1 aromatic carbocycles. The van der Waals surface area contributed by atoms with Crippen molar-refractivity contribution in [3.05, 3.63) is 35.1 Å². The summed E-state index contributed by atoms with van der Waals surface area (Å²) in [5.74, 6) is 0.682. The summed E-state index contributed by atoms with van der Waals surface area (Å²) in [5.41, 5.74) is 2.13. The number of hydrogen-bond donors (Lipinski definition) is 1. The van der Waals surface area contributed by atoms with Crippen molar-refractivity contribution in [1.82, 2.24) is 5.32 Å². The third-order valence-electron chi connectivity index (χ3n) is 4.21. The first-order valence-corrected chi connectivity index (χ1v) is 7.73. The lowest BCUT2D eigenvalue weighted by Crippen LogP contribution is -2.29. The average Bonchev–Trinajstić information content (AvgIpc) is 2.43. The number of nitrogens with one attached hydrogen (secondary N) is 1. The van der Waals surface area contributed by atoms with Crippen molar-refractivity contribution in [2.24, 2.45) is 5.92 Å². The lowest BCUT2D eigenvalue weighted by molar-refractivity contribution is 0.392. The second-order valence-corrected chi connectivity index (χ2v) is 5.91. The fourth-order valence-electron chi connectivity index (χ4n) is 3.01. The number of unbranched alkanes of at least 4 members (excludes halogenated alkanes) is 1. The standard InChI is InChI=1S/C17H26FN/c1-3-4-7-13(2)12-19-17-11-6-8-14-15(17)9-5-10-16(14)18/h5,9-10,13,17,19H,3-4,6-8,11-12H2,1-2H3/t13?,17-/m1/s1. The zero-order valence-corrected chi connectivity index (χ0v) is 12.2. The van der Waals surface area contributed by atoms with E-state index in [1.54, 1.807) is 6.07 Å². The third-order valence-corrected chi connectivity index (χ3v) is 4.21. The van der Waals surface area contributed by atoms with Crippen molar-refractivity contribution in [2.45, 2.75) is 58.4 Å². The van der Waals surface area contributed by atoms with Gasteiger partial charge in [0.2, 0.25) is 0 Å². The van der Waals surface area contributed by atoms with Crippen molar-refractivity contribution < 1.29 is 4.39 Å². The molecule has 0 heterocycles. The molecule has 0 spiro atoms. The van der Waals surface area contributed by atoms with Crippen LogP contribution in [0.5, 0.6) is 0 Å². The molecule has 1 aromatic rings. The Bertz CT molecular complexity index is 402. The number of hydrogen-bond acceptors (Lipinski definition) is 1. The Labute approximate surface area is 116 Å². The van der Waals surface area contributed by atoms with Crippen LogP contribution in [0.3, 0.4) is 0 Å². The van der Waals surface area contributed by atoms with Gasteiger partial charge >= 0.3 is 0 Å². The molecule has 0 fully saturated rings. The van der Waals surface area contributed by atoms with E-state index in [4.69, 9.17) is 0 Å². The summed E-state index contributed by atoms with van der Waals surface area (Å²) < 4.78 is 13.8. The molecule has 0 amide bonds. The quantitative estimate of drug-likeness (QED) is 0.789. The molecular weight excluding hydrogens is 237 g/mol. The molecule has 0 saturated carbocycles. The molecule has 1 N–H and O–H groups in total. The van der Waals surface area contributed by atoms with Crippen LogP contribution in [-0.2, 0) is 6.42 Å². The number of fused-ring (bicyclic) bond motifs is 1.